The molecule has 0 saturated carbocycles. The van der Waals surface area contributed by atoms with Gasteiger partial charge in [-0.3, -0.25) is 4.79 Å². The molecule has 2 rings (SSSR count). The number of anilines is 2. The van der Waals surface area contributed by atoms with Crippen molar-refractivity contribution >= 4 is 17.3 Å². The van der Waals surface area contributed by atoms with Gasteiger partial charge >= 0.3 is 0 Å². The number of hydrogen-bond donors (Lipinski definition) is 1. The highest BCUT2D eigenvalue weighted by Gasteiger charge is 2.32. The number of rotatable bonds is 0. The molecule has 0 saturated heterocycles. The number of nitrogens with zero attached hydrogens (tertiary/aromatic N) is 1. The average Bonchev–Trinajstić information content (AvgIpc) is 2.24. The fraction of sp³-hybridized carbons (Fsp3) is 0.562. The van der Waals surface area contributed by atoms with Gasteiger partial charge in [-0.2, -0.15) is 0 Å². The standard InChI is InChI=1S/C16H24N2O/c1-11(19)18-10-16(5,6)17-13-9-12(15(2,3)4)7-8-14(13)18/h7-9,17H,10H2,1-6H3. The highest BCUT2D eigenvalue weighted by Crippen LogP contribution is 2.37. The summed E-state index contributed by atoms with van der Waals surface area (Å²) in [6, 6.07) is 6.35. The van der Waals surface area contributed by atoms with Gasteiger partial charge in [-0.25, -0.2) is 0 Å². The van der Waals surface area contributed by atoms with Gasteiger partial charge in [0.05, 0.1) is 11.4 Å². The van der Waals surface area contributed by atoms with Gasteiger partial charge in [0.1, 0.15) is 0 Å². The largest absolute Gasteiger partial charge is 0.377 e. The molecule has 104 valence electrons. The summed E-state index contributed by atoms with van der Waals surface area (Å²) >= 11 is 0. The van der Waals surface area contributed by atoms with E-state index >= 15 is 0 Å². The van der Waals surface area contributed by atoms with Gasteiger partial charge in [0.15, 0.2) is 0 Å². The number of carbonyl (C=O) groups excluding carboxylic acids is 1. The fourth-order valence-corrected chi connectivity index (χ4v) is 2.50. The van der Waals surface area contributed by atoms with Crippen LogP contribution in [0.2, 0.25) is 0 Å². The molecule has 0 unspecified atom stereocenters. The van der Waals surface area contributed by atoms with Crippen LogP contribution in [0.1, 0.15) is 47.1 Å². The number of nitrogens with one attached hydrogen (secondary N) is 1. The van der Waals surface area contributed by atoms with Gasteiger partial charge in [-0.15, -0.1) is 0 Å². The second-order valence-corrected chi connectivity index (χ2v) is 7.10. The van der Waals surface area contributed by atoms with Gasteiger partial charge in [0.25, 0.3) is 0 Å². The molecule has 3 nitrogen and oxygen atoms in total. The quantitative estimate of drug-likeness (QED) is 0.774. The predicted molar refractivity (Wildman–Crippen MR) is 80.9 cm³/mol. The normalized spacial score (nSPS) is 17.7. The molecule has 0 aromatic heterocycles. The zero-order valence-corrected chi connectivity index (χ0v) is 12.8. The summed E-state index contributed by atoms with van der Waals surface area (Å²) in [5.74, 6) is 0.0966. The second-order valence-electron chi connectivity index (χ2n) is 7.10. The van der Waals surface area contributed by atoms with E-state index in [-0.39, 0.29) is 16.9 Å². The Labute approximate surface area is 116 Å². The van der Waals surface area contributed by atoms with E-state index in [1.165, 1.54) is 5.56 Å². The van der Waals surface area contributed by atoms with Crippen LogP contribution < -0.4 is 10.2 Å². The molecule has 1 N–H and O–H groups in total. The summed E-state index contributed by atoms with van der Waals surface area (Å²) < 4.78 is 0. The van der Waals surface area contributed by atoms with Crippen LogP contribution in [0.3, 0.4) is 0 Å². The average molecular weight is 260 g/mol. The van der Waals surface area contributed by atoms with Crippen molar-refractivity contribution in [2.24, 2.45) is 0 Å². The highest BCUT2D eigenvalue weighted by molar-refractivity contribution is 5.96. The first-order valence-electron chi connectivity index (χ1n) is 6.81. The van der Waals surface area contributed by atoms with E-state index in [0.717, 1.165) is 11.4 Å². The third-order valence-corrected chi connectivity index (χ3v) is 3.56. The summed E-state index contributed by atoms with van der Waals surface area (Å²) in [7, 11) is 0. The van der Waals surface area contributed by atoms with Crippen LogP contribution in [0.15, 0.2) is 18.2 Å². The Morgan fingerprint density at radius 3 is 2.47 bits per heavy atom. The van der Waals surface area contributed by atoms with Gasteiger partial charge < -0.3 is 10.2 Å². The lowest BCUT2D eigenvalue weighted by Crippen LogP contribution is -2.50. The Bertz CT molecular complexity index is 512. The van der Waals surface area contributed by atoms with Gasteiger partial charge in [-0.05, 0) is 37.0 Å². The number of carbonyl (C=O) groups is 1. The Kier molecular flexibility index (Phi) is 3.12. The van der Waals surface area contributed by atoms with E-state index < -0.39 is 0 Å². The van der Waals surface area contributed by atoms with Gasteiger partial charge in [-0.1, -0.05) is 26.8 Å². The van der Waals surface area contributed by atoms with Crippen LogP contribution in [-0.4, -0.2) is 18.0 Å². The SMILES string of the molecule is CC(=O)N1CC(C)(C)Nc2cc(C(C)(C)C)ccc21. The maximum atomic E-state index is 11.8. The highest BCUT2D eigenvalue weighted by atomic mass is 16.2. The van der Waals surface area contributed by atoms with Crippen molar-refractivity contribution in [1.82, 2.24) is 0 Å². The van der Waals surface area contributed by atoms with Crippen LogP contribution >= 0.6 is 0 Å². The predicted octanol–water partition coefficient (Wildman–Crippen LogP) is 3.54. The van der Waals surface area contributed by atoms with Crippen molar-refractivity contribution in [2.75, 3.05) is 16.8 Å². The van der Waals surface area contributed by atoms with E-state index in [1.54, 1.807) is 6.92 Å². The Morgan fingerprint density at radius 2 is 1.95 bits per heavy atom. The maximum absolute atomic E-state index is 11.8. The minimum atomic E-state index is -0.102. The van der Waals surface area contributed by atoms with Crippen LogP contribution in [0.4, 0.5) is 11.4 Å². The number of fused-ring (bicyclic) bond motifs is 1. The molecular weight excluding hydrogens is 236 g/mol. The molecule has 0 bridgehead atoms. The molecule has 1 heterocycles. The van der Waals surface area contributed by atoms with Crippen molar-refractivity contribution in [3.63, 3.8) is 0 Å². The summed E-state index contributed by atoms with van der Waals surface area (Å²) in [5.41, 5.74) is 3.33. The molecule has 1 aromatic carbocycles. The molecule has 1 amide bonds. The summed E-state index contributed by atoms with van der Waals surface area (Å²) in [5, 5.41) is 3.54. The van der Waals surface area contributed by atoms with E-state index in [1.807, 2.05) is 4.90 Å². The zero-order chi connectivity index (χ0) is 14.4. The third-order valence-electron chi connectivity index (χ3n) is 3.56. The molecule has 0 fully saturated rings. The fourth-order valence-electron chi connectivity index (χ4n) is 2.50. The van der Waals surface area contributed by atoms with Gasteiger partial charge in [0, 0.05) is 19.0 Å². The number of hydrogen-bond acceptors (Lipinski definition) is 2. The van der Waals surface area contributed by atoms with Crippen molar-refractivity contribution in [3.8, 4) is 0 Å². The molecule has 0 atom stereocenters. The van der Waals surface area contributed by atoms with Crippen molar-refractivity contribution in [2.45, 2.75) is 52.5 Å². The van der Waals surface area contributed by atoms with E-state index in [2.05, 4.69) is 58.1 Å². The first-order valence-corrected chi connectivity index (χ1v) is 6.81. The van der Waals surface area contributed by atoms with E-state index in [0.29, 0.717) is 6.54 Å². The lowest BCUT2D eigenvalue weighted by molar-refractivity contribution is -0.116. The van der Waals surface area contributed by atoms with Crippen molar-refractivity contribution < 1.29 is 4.79 Å². The van der Waals surface area contributed by atoms with Crippen LogP contribution in [-0.2, 0) is 10.2 Å². The lowest BCUT2D eigenvalue weighted by Gasteiger charge is -2.41. The van der Waals surface area contributed by atoms with Crippen molar-refractivity contribution in [1.29, 1.82) is 0 Å². The van der Waals surface area contributed by atoms with Crippen LogP contribution in [0, 0.1) is 0 Å². The molecule has 1 aromatic rings. The maximum Gasteiger partial charge on any atom is 0.224 e. The summed E-state index contributed by atoms with van der Waals surface area (Å²) in [4.78, 5) is 13.7. The second kappa shape index (κ2) is 4.26. The molecule has 3 heteroatoms. The summed E-state index contributed by atoms with van der Waals surface area (Å²) in [6.45, 7) is 13.2. The number of benzene rings is 1. The number of amides is 1. The van der Waals surface area contributed by atoms with Crippen LogP contribution in [0.5, 0.6) is 0 Å². The van der Waals surface area contributed by atoms with E-state index in [9.17, 15) is 4.79 Å². The van der Waals surface area contributed by atoms with Gasteiger partial charge in [0.2, 0.25) is 5.91 Å². The molecule has 0 radical (unpaired) electrons. The molecule has 1 aliphatic rings. The zero-order valence-electron chi connectivity index (χ0n) is 12.8. The monoisotopic (exact) mass is 260 g/mol. The Balaban J connectivity index is 2.52. The Morgan fingerprint density at radius 1 is 1.32 bits per heavy atom. The third kappa shape index (κ3) is 2.75. The topological polar surface area (TPSA) is 32.3 Å². The molecule has 1 aliphatic heterocycles. The summed E-state index contributed by atoms with van der Waals surface area (Å²) in [6.07, 6.45) is 0. The van der Waals surface area contributed by atoms with Crippen LogP contribution in [0.25, 0.3) is 0 Å². The molecule has 19 heavy (non-hydrogen) atoms. The van der Waals surface area contributed by atoms with E-state index in [4.69, 9.17) is 0 Å². The minimum absolute atomic E-state index is 0.0966. The first-order chi connectivity index (χ1) is 8.60. The molecule has 0 spiro atoms. The molecule has 0 aliphatic carbocycles. The smallest absolute Gasteiger partial charge is 0.224 e. The van der Waals surface area contributed by atoms with Crippen molar-refractivity contribution in [3.05, 3.63) is 23.8 Å². The molecular formula is C16H24N2O. The first kappa shape index (κ1) is 13.9. The lowest BCUT2D eigenvalue weighted by atomic mass is 9.85. The minimum Gasteiger partial charge on any atom is -0.377 e. The Hall–Kier alpha value is -1.51.